The van der Waals surface area contributed by atoms with Crippen molar-refractivity contribution < 1.29 is 4.42 Å². The lowest BCUT2D eigenvalue weighted by Gasteiger charge is -2.13. The first-order valence-corrected chi connectivity index (χ1v) is 6.06. The largest absolute Gasteiger partial charge is 0.472 e. The topological polar surface area (TPSA) is 39.2 Å². The van der Waals surface area contributed by atoms with Crippen molar-refractivity contribution in [3.05, 3.63) is 57.4 Å². The van der Waals surface area contributed by atoms with Crippen LogP contribution in [-0.2, 0) is 6.42 Å². The van der Waals surface area contributed by atoms with Crippen molar-refractivity contribution >= 4 is 27.5 Å². The summed E-state index contributed by atoms with van der Waals surface area (Å²) in [5.41, 5.74) is 8.12. The molecule has 0 bridgehead atoms. The fraction of sp³-hybridized carbons (Fsp3) is 0.167. The van der Waals surface area contributed by atoms with Crippen LogP contribution in [0.4, 0.5) is 0 Å². The molecule has 0 fully saturated rings. The Morgan fingerprint density at radius 2 is 2.19 bits per heavy atom. The van der Waals surface area contributed by atoms with Crippen LogP contribution < -0.4 is 5.73 Å². The van der Waals surface area contributed by atoms with Crippen LogP contribution >= 0.6 is 27.5 Å². The molecule has 1 aromatic carbocycles. The molecule has 4 heteroatoms. The number of hydrogen-bond acceptors (Lipinski definition) is 2. The van der Waals surface area contributed by atoms with E-state index in [0.29, 0.717) is 11.4 Å². The maximum Gasteiger partial charge on any atom is 0.0935 e. The maximum atomic E-state index is 6.18. The summed E-state index contributed by atoms with van der Waals surface area (Å²) in [5, 5.41) is 0.679. The third kappa shape index (κ3) is 2.48. The molecule has 0 saturated carbocycles. The van der Waals surface area contributed by atoms with Crippen molar-refractivity contribution in [1.82, 2.24) is 0 Å². The molecule has 2 aromatic rings. The van der Waals surface area contributed by atoms with Gasteiger partial charge >= 0.3 is 0 Å². The first-order chi connectivity index (χ1) is 7.68. The highest BCUT2D eigenvalue weighted by molar-refractivity contribution is 9.10. The molecule has 1 aromatic heterocycles. The summed E-state index contributed by atoms with van der Waals surface area (Å²) in [7, 11) is 0. The van der Waals surface area contributed by atoms with E-state index in [0.717, 1.165) is 15.6 Å². The third-order valence-corrected chi connectivity index (χ3v) is 3.73. The molecule has 0 aliphatic heterocycles. The van der Waals surface area contributed by atoms with Gasteiger partial charge in [0.25, 0.3) is 0 Å². The van der Waals surface area contributed by atoms with Crippen LogP contribution in [0.25, 0.3) is 0 Å². The molecule has 0 amide bonds. The number of hydrogen-bond donors (Lipinski definition) is 1. The molecule has 84 valence electrons. The molecule has 2 nitrogen and oxygen atoms in total. The van der Waals surface area contributed by atoms with Gasteiger partial charge in [-0.05, 0) is 45.6 Å². The van der Waals surface area contributed by atoms with Crippen LogP contribution in [0.1, 0.15) is 17.2 Å². The van der Waals surface area contributed by atoms with Crippen molar-refractivity contribution in [1.29, 1.82) is 0 Å². The number of rotatable bonds is 3. The molecule has 16 heavy (non-hydrogen) atoms. The maximum absolute atomic E-state index is 6.18. The summed E-state index contributed by atoms with van der Waals surface area (Å²) < 4.78 is 5.88. The van der Waals surface area contributed by atoms with Crippen molar-refractivity contribution in [2.45, 2.75) is 12.5 Å². The lowest BCUT2D eigenvalue weighted by Crippen LogP contribution is -2.13. The van der Waals surface area contributed by atoms with Gasteiger partial charge in [-0.3, -0.25) is 0 Å². The quantitative estimate of drug-likeness (QED) is 0.932. The molecule has 2 N–H and O–H groups in total. The smallest absolute Gasteiger partial charge is 0.0935 e. The lowest BCUT2D eigenvalue weighted by atomic mass is 10.0. The van der Waals surface area contributed by atoms with Crippen molar-refractivity contribution in [2.24, 2.45) is 5.73 Å². The van der Waals surface area contributed by atoms with Crippen LogP contribution in [0, 0.1) is 0 Å². The molecule has 0 radical (unpaired) electrons. The normalized spacial score (nSPS) is 12.7. The third-order valence-electron chi connectivity index (χ3n) is 2.42. The van der Waals surface area contributed by atoms with E-state index in [2.05, 4.69) is 15.9 Å². The number of nitrogens with two attached hydrogens (primary N) is 1. The van der Waals surface area contributed by atoms with E-state index in [9.17, 15) is 0 Å². The second-order valence-corrected chi connectivity index (χ2v) is 4.82. The van der Waals surface area contributed by atoms with Crippen molar-refractivity contribution in [3.63, 3.8) is 0 Å². The Hall–Kier alpha value is -0.770. The summed E-state index contributed by atoms with van der Waals surface area (Å²) in [6.07, 6.45) is 4.06. The molecule has 1 unspecified atom stereocenters. The molecule has 0 aliphatic carbocycles. The minimum absolute atomic E-state index is 0.123. The fourth-order valence-electron chi connectivity index (χ4n) is 1.58. The van der Waals surface area contributed by atoms with Crippen molar-refractivity contribution in [3.8, 4) is 0 Å². The molecule has 1 atom stereocenters. The highest BCUT2D eigenvalue weighted by Crippen LogP contribution is 2.30. The van der Waals surface area contributed by atoms with Crippen LogP contribution in [-0.4, -0.2) is 0 Å². The average Bonchev–Trinajstić information content (AvgIpc) is 2.74. The van der Waals surface area contributed by atoms with Gasteiger partial charge in [0, 0.05) is 10.5 Å². The Balaban J connectivity index is 2.21. The lowest BCUT2D eigenvalue weighted by molar-refractivity contribution is 0.561. The zero-order valence-electron chi connectivity index (χ0n) is 8.49. The van der Waals surface area contributed by atoms with Gasteiger partial charge < -0.3 is 10.2 Å². The number of halogens is 2. The molecule has 1 heterocycles. The Morgan fingerprint density at radius 1 is 1.38 bits per heavy atom. The van der Waals surface area contributed by atoms with Crippen LogP contribution in [0.5, 0.6) is 0 Å². The average molecular weight is 301 g/mol. The van der Waals surface area contributed by atoms with E-state index in [1.54, 1.807) is 12.5 Å². The van der Waals surface area contributed by atoms with Gasteiger partial charge in [-0.15, -0.1) is 0 Å². The first-order valence-electron chi connectivity index (χ1n) is 4.89. The van der Waals surface area contributed by atoms with Gasteiger partial charge in [-0.1, -0.05) is 23.7 Å². The monoisotopic (exact) mass is 299 g/mol. The van der Waals surface area contributed by atoms with Crippen LogP contribution in [0.3, 0.4) is 0 Å². The first kappa shape index (κ1) is 11.7. The van der Waals surface area contributed by atoms with Crippen molar-refractivity contribution in [2.75, 3.05) is 0 Å². The summed E-state index contributed by atoms with van der Waals surface area (Å²) in [6, 6.07) is 7.56. The second-order valence-electron chi connectivity index (χ2n) is 3.59. The van der Waals surface area contributed by atoms with Crippen LogP contribution in [0.2, 0.25) is 5.02 Å². The number of furan rings is 1. The van der Waals surface area contributed by atoms with E-state index in [4.69, 9.17) is 21.8 Å². The Labute approximate surface area is 108 Å². The van der Waals surface area contributed by atoms with E-state index >= 15 is 0 Å². The van der Waals surface area contributed by atoms with Gasteiger partial charge in [0.1, 0.15) is 0 Å². The zero-order valence-corrected chi connectivity index (χ0v) is 10.8. The molecular formula is C12H11BrClNO. The molecule has 0 saturated heterocycles. The predicted octanol–water partition coefficient (Wildman–Crippen LogP) is 3.94. The number of benzene rings is 1. The highest BCUT2D eigenvalue weighted by atomic mass is 79.9. The molecular weight excluding hydrogens is 289 g/mol. The van der Waals surface area contributed by atoms with Gasteiger partial charge in [0.05, 0.1) is 17.5 Å². The summed E-state index contributed by atoms with van der Waals surface area (Å²) in [6.45, 7) is 0. The Morgan fingerprint density at radius 3 is 2.88 bits per heavy atom. The van der Waals surface area contributed by atoms with Crippen LogP contribution in [0.15, 0.2) is 45.7 Å². The van der Waals surface area contributed by atoms with Gasteiger partial charge in [-0.25, -0.2) is 0 Å². The second kappa shape index (κ2) is 5.04. The van der Waals surface area contributed by atoms with E-state index < -0.39 is 0 Å². The molecule has 0 aliphatic rings. The SMILES string of the molecule is NC(Cc1ccoc1)c1cccc(Br)c1Cl. The minimum atomic E-state index is -0.123. The zero-order chi connectivity index (χ0) is 11.5. The predicted molar refractivity (Wildman–Crippen MR) is 68.5 cm³/mol. The molecule has 2 rings (SSSR count). The van der Waals surface area contributed by atoms with Gasteiger partial charge in [0.15, 0.2) is 0 Å². The Kier molecular flexibility index (Phi) is 3.69. The summed E-state index contributed by atoms with van der Waals surface area (Å²) >= 11 is 9.56. The minimum Gasteiger partial charge on any atom is -0.472 e. The van der Waals surface area contributed by atoms with Gasteiger partial charge in [0.2, 0.25) is 0 Å². The summed E-state index contributed by atoms with van der Waals surface area (Å²) in [4.78, 5) is 0. The van der Waals surface area contributed by atoms with E-state index in [1.165, 1.54) is 0 Å². The van der Waals surface area contributed by atoms with E-state index in [-0.39, 0.29) is 6.04 Å². The Bertz CT molecular complexity index is 470. The summed E-state index contributed by atoms with van der Waals surface area (Å²) in [5.74, 6) is 0. The fourth-order valence-corrected chi connectivity index (χ4v) is 2.23. The van der Waals surface area contributed by atoms with Gasteiger partial charge in [-0.2, -0.15) is 0 Å². The highest BCUT2D eigenvalue weighted by Gasteiger charge is 2.13. The van der Waals surface area contributed by atoms with E-state index in [1.807, 2.05) is 24.3 Å². The molecule has 0 spiro atoms. The standard InChI is InChI=1S/C12H11BrClNO/c13-10-3-1-2-9(12(10)14)11(15)6-8-4-5-16-7-8/h1-5,7,11H,6,15H2.